The van der Waals surface area contributed by atoms with Gasteiger partial charge in [0.05, 0.1) is 20.6 Å². The molecule has 1 saturated heterocycles. The molecule has 4 N–H and O–H groups in total. The number of sulfonamides is 1. The minimum atomic E-state index is -4.20. The van der Waals surface area contributed by atoms with Crippen LogP contribution in [0.15, 0.2) is 35.4 Å². The van der Waals surface area contributed by atoms with Crippen LogP contribution < -0.4 is 15.8 Å². The molecule has 2 amide bonds. The SMILES string of the molecule is CNC(=O)C1CCN(C(=O)C(CCn2cccc2C#N)NS(=O)(=O)c2cc(Cl)c(N)c(Cl)c2)CC1. The van der Waals surface area contributed by atoms with Crippen LogP contribution in [0.25, 0.3) is 0 Å². The van der Waals surface area contributed by atoms with E-state index in [0.717, 1.165) is 0 Å². The fourth-order valence-electron chi connectivity index (χ4n) is 3.97. The van der Waals surface area contributed by atoms with E-state index in [1.54, 1.807) is 34.8 Å². The second-order valence-corrected chi connectivity index (χ2v) is 10.7. The highest BCUT2D eigenvalue weighted by Crippen LogP contribution is 2.31. The van der Waals surface area contributed by atoms with Crippen molar-refractivity contribution in [3.05, 3.63) is 46.2 Å². The van der Waals surface area contributed by atoms with Gasteiger partial charge in [0.2, 0.25) is 21.8 Å². The summed E-state index contributed by atoms with van der Waals surface area (Å²) in [4.78, 5) is 26.7. The van der Waals surface area contributed by atoms with Gasteiger partial charge in [-0.05, 0) is 43.5 Å². The Labute approximate surface area is 214 Å². The first-order valence-corrected chi connectivity index (χ1v) is 13.1. The first-order chi connectivity index (χ1) is 16.6. The fraction of sp³-hybridized carbons (Fsp3) is 0.409. The molecule has 0 saturated carbocycles. The summed E-state index contributed by atoms with van der Waals surface area (Å²) < 4.78 is 30.4. The van der Waals surface area contributed by atoms with Crippen LogP contribution in [0.5, 0.6) is 0 Å². The van der Waals surface area contributed by atoms with Gasteiger partial charge in [-0.25, -0.2) is 8.42 Å². The molecule has 2 heterocycles. The molecule has 1 atom stereocenters. The molecular formula is C22H26Cl2N6O4S. The Hall–Kier alpha value is -2.78. The Morgan fingerprint density at radius 1 is 1.26 bits per heavy atom. The molecule has 1 fully saturated rings. The number of nitrogens with one attached hydrogen (secondary N) is 2. The van der Waals surface area contributed by atoms with Crippen LogP contribution in [0.1, 0.15) is 25.0 Å². The van der Waals surface area contributed by atoms with E-state index in [9.17, 15) is 23.3 Å². The van der Waals surface area contributed by atoms with Gasteiger partial charge >= 0.3 is 0 Å². The zero-order valence-corrected chi connectivity index (χ0v) is 21.3. The van der Waals surface area contributed by atoms with Crippen LogP contribution in [-0.2, 0) is 26.2 Å². The van der Waals surface area contributed by atoms with Gasteiger partial charge in [-0.15, -0.1) is 0 Å². The Morgan fingerprint density at radius 2 is 1.89 bits per heavy atom. The summed E-state index contributed by atoms with van der Waals surface area (Å²) in [6.45, 7) is 0.871. The number of rotatable bonds is 8. The number of carbonyl (C=O) groups excluding carboxylic acids is 2. The van der Waals surface area contributed by atoms with E-state index in [0.29, 0.717) is 31.6 Å². The van der Waals surface area contributed by atoms with Gasteiger partial charge in [0, 0.05) is 38.8 Å². The number of carbonyl (C=O) groups is 2. The average molecular weight is 541 g/mol. The molecule has 13 heteroatoms. The van der Waals surface area contributed by atoms with Gasteiger partial charge in [-0.3, -0.25) is 9.59 Å². The summed E-state index contributed by atoms with van der Waals surface area (Å²) in [6.07, 6.45) is 2.73. The van der Waals surface area contributed by atoms with Crippen molar-refractivity contribution >= 4 is 50.7 Å². The quantitative estimate of drug-likeness (QED) is 0.435. The molecule has 1 aliphatic rings. The highest BCUT2D eigenvalue weighted by molar-refractivity contribution is 7.89. The number of nitrogens with zero attached hydrogens (tertiary/aromatic N) is 3. The maximum Gasteiger partial charge on any atom is 0.241 e. The number of piperidine rings is 1. The number of hydrogen-bond acceptors (Lipinski definition) is 6. The van der Waals surface area contributed by atoms with Gasteiger partial charge in [0.15, 0.2) is 0 Å². The summed E-state index contributed by atoms with van der Waals surface area (Å²) >= 11 is 12.0. The highest BCUT2D eigenvalue weighted by Gasteiger charge is 2.33. The maximum absolute atomic E-state index is 13.4. The van der Waals surface area contributed by atoms with Crippen LogP contribution in [-0.4, -0.2) is 55.9 Å². The minimum absolute atomic E-state index is 0.0250. The second-order valence-electron chi connectivity index (χ2n) is 8.18. The first kappa shape index (κ1) is 26.8. The van der Waals surface area contributed by atoms with Gasteiger partial charge in [-0.1, -0.05) is 23.2 Å². The standard InChI is InChI=1S/C22H26Cl2N6O4S/c1-27-21(31)14-4-8-30(9-5-14)22(32)19(6-10-29-7-2-3-15(29)13-25)28-35(33,34)16-11-17(23)20(26)18(24)12-16/h2-3,7,11-12,14,19,28H,4-6,8-10,26H2,1H3,(H,27,31). The van der Waals surface area contributed by atoms with Crippen LogP contribution in [0, 0.1) is 17.2 Å². The number of benzene rings is 1. The van der Waals surface area contributed by atoms with E-state index in [-0.39, 0.29) is 45.4 Å². The van der Waals surface area contributed by atoms with E-state index >= 15 is 0 Å². The van der Waals surface area contributed by atoms with Crippen molar-refractivity contribution in [1.29, 1.82) is 5.26 Å². The largest absolute Gasteiger partial charge is 0.396 e. The second kappa shape index (κ2) is 11.3. The number of nitrogens with two attached hydrogens (primary N) is 1. The first-order valence-electron chi connectivity index (χ1n) is 10.9. The van der Waals surface area contributed by atoms with Crippen molar-refractivity contribution in [2.45, 2.75) is 36.7 Å². The van der Waals surface area contributed by atoms with Crippen LogP contribution >= 0.6 is 23.2 Å². The number of hydrogen-bond donors (Lipinski definition) is 3. The predicted molar refractivity (Wildman–Crippen MR) is 132 cm³/mol. The van der Waals surface area contributed by atoms with E-state index in [1.165, 1.54) is 12.1 Å². The molecule has 0 spiro atoms. The van der Waals surface area contributed by atoms with Crippen LogP contribution in [0.3, 0.4) is 0 Å². The molecule has 1 aromatic heterocycles. The lowest BCUT2D eigenvalue weighted by Crippen LogP contribution is -2.51. The lowest BCUT2D eigenvalue weighted by molar-refractivity contribution is -0.137. The third kappa shape index (κ3) is 6.27. The molecule has 188 valence electrons. The number of aryl methyl sites for hydroxylation is 1. The molecule has 10 nitrogen and oxygen atoms in total. The summed E-state index contributed by atoms with van der Waals surface area (Å²) in [7, 11) is -2.63. The third-order valence-corrected chi connectivity index (χ3v) is 8.06. The van der Waals surface area contributed by atoms with E-state index in [4.69, 9.17) is 28.9 Å². The normalized spacial score (nSPS) is 15.4. The smallest absolute Gasteiger partial charge is 0.241 e. The monoisotopic (exact) mass is 540 g/mol. The third-order valence-electron chi connectivity index (χ3n) is 5.98. The highest BCUT2D eigenvalue weighted by atomic mass is 35.5. The molecule has 1 aliphatic heterocycles. The average Bonchev–Trinajstić information content (AvgIpc) is 3.31. The van der Waals surface area contributed by atoms with Crippen molar-refractivity contribution in [3.8, 4) is 6.07 Å². The summed E-state index contributed by atoms with van der Waals surface area (Å²) in [5, 5.41) is 11.8. The zero-order chi connectivity index (χ0) is 25.8. The number of amides is 2. The van der Waals surface area contributed by atoms with E-state index in [1.807, 2.05) is 0 Å². The van der Waals surface area contributed by atoms with Crippen molar-refractivity contribution < 1.29 is 18.0 Å². The molecule has 0 aliphatic carbocycles. The molecule has 1 aromatic carbocycles. The number of halogens is 2. The lowest BCUT2D eigenvalue weighted by atomic mass is 9.95. The number of anilines is 1. The number of nitrogen functional groups attached to an aromatic ring is 1. The van der Waals surface area contributed by atoms with Crippen molar-refractivity contribution in [3.63, 3.8) is 0 Å². The van der Waals surface area contributed by atoms with Crippen LogP contribution in [0.2, 0.25) is 10.0 Å². The van der Waals surface area contributed by atoms with Gasteiger partial charge in [0.1, 0.15) is 17.8 Å². The van der Waals surface area contributed by atoms with Gasteiger partial charge in [0.25, 0.3) is 0 Å². The molecule has 35 heavy (non-hydrogen) atoms. The van der Waals surface area contributed by atoms with Crippen molar-refractivity contribution in [2.24, 2.45) is 5.92 Å². The molecule has 3 rings (SSSR count). The molecule has 0 radical (unpaired) electrons. The molecular weight excluding hydrogens is 515 g/mol. The molecule has 1 unspecified atom stereocenters. The fourth-order valence-corrected chi connectivity index (χ4v) is 5.86. The maximum atomic E-state index is 13.4. The Balaban J connectivity index is 1.83. The Bertz CT molecular complexity index is 1230. The summed E-state index contributed by atoms with van der Waals surface area (Å²) in [6, 6.07) is 6.59. The number of nitriles is 1. The molecule has 2 aromatic rings. The summed E-state index contributed by atoms with van der Waals surface area (Å²) in [5.41, 5.74) is 6.16. The number of aromatic nitrogens is 1. The number of likely N-dealkylation sites (tertiary alicyclic amines) is 1. The zero-order valence-electron chi connectivity index (χ0n) is 19.0. The van der Waals surface area contributed by atoms with Crippen LogP contribution in [0.4, 0.5) is 5.69 Å². The Morgan fingerprint density at radius 3 is 2.46 bits per heavy atom. The lowest BCUT2D eigenvalue weighted by Gasteiger charge is -2.33. The van der Waals surface area contributed by atoms with E-state index in [2.05, 4.69) is 16.1 Å². The minimum Gasteiger partial charge on any atom is -0.396 e. The topological polar surface area (TPSA) is 150 Å². The van der Waals surface area contributed by atoms with Gasteiger partial charge < -0.3 is 20.5 Å². The predicted octanol–water partition coefficient (Wildman–Crippen LogP) is 1.97. The van der Waals surface area contributed by atoms with Crippen molar-refractivity contribution in [2.75, 3.05) is 25.9 Å². The van der Waals surface area contributed by atoms with E-state index < -0.39 is 22.0 Å². The summed E-state index contributed by atoms with van der Waals surface area (Å²) in [5.74, 6) is -0.693. The van der Waals surface area contributed by atoms with Gasteiger partial charge in [-0.2, -0.15) is 9.98 Å². The molecule has 0 bridgehead atoms. The Kier molecular flexibility index (Phi) is 8.66. The van der Waals surface area contributed by atoms with Crippen molar-refractivity contribution in [1.82, 2.24) is 19.5 Å².